The van der Waals surface area contributed by atoms with E-state index in [1.165, 1.54) is 0 Å². The molecule has 2 rings (SSSR count). The molecule has 5 heteroatoms. The van der Waals surface area contributed by atoms with Crippen molar-refractivity contribution in [1.82, 2.24) is 10.2 Å². The van der Waals surface area contributed by atoms with Gasteiger partial charge in [0.15, 0.2) is 0 Å². The van der Waals surface area contributed by atoms with E-state index in [9.17, 15) is 9.59 Å². The van der Waals surface area contributed by atoms with Crippen molar-refractivity contribution in [1.29, 1.82) is 0 Å². The van der Waals surface area contributed by atoms with E-state index in [4.69, 9.17) is 0 Å². The van der Waals surface area contributed by atoms with Crippen molar-refractivity contribution in [3.05, 3.63) is 71.8 Å². The summed E-state index contributed by atoms with van der Waals surface area (Å²) < 4.78 is 0. The molecule has 0 aliphatic rings. The Balaban J connectivity index is 1.96. The zero-order valence-corrected chi connectivity index (χ0v) is 18.5. The van der Waals surface area contributed by atoms with E-state index in [0.717, 1.165) is 22.2 Å². The molecule has 0 heterocycles. The summed E-state index contributed by atoms with van der Waals surface area (Å²) in [5.74, 6) is 0.515. The monoisotopic (exact) mass is 382 g/mol. The van der Waals surface area contributed by atoms with Crippen LogP contribution in [0, 0.1) is 5.92 Å². The number of benzene rings is 2. The average molecular weight is 383 g/mol. The maximum absolute atomic E-state index is 13.0. The number of amides is 2. The first-order chi connectivity index (χ1) is 13.0. The van der Waals surface area contributed by atoms with E-state index >= 15 is 0 Å². The Morgan fingerprint density at radius 2 is 1.59 bits per heavy atom. The van der Waals surface area contributed by atoms with Gasteiger partial charge in [0.05, 0.1) is 0 Å². The van der Waals surface area contributed by atoms with Gasteiger partial charge in [-0.25, -0.2) is 0 Å². The molecule has 2 aromatic rings. The van der Waals surface area contributed by atoms with Crippen molar-refractivity contribution in [2.45, 2.75) is 38.9 Å². The van der Waals surface area contributed by atoms with Crippen LogP contribution < -0.4 is 5.32 Å². The minimum atomic E-state index is -0.0249. The molecule has 0 radical (unpaired) electrons. The molecule has 2 amide bonds. The van der Waals surface area contributed by atoms with E-state index in [0.29, 0.717) is 31.0 Å². The lowest BCUT2D eigenvalue weighted by Gasteiger charge is -2.30. The highest BCUT2D eigenvalue weighted by Gasteiger charge is 2.22. The van der Waals surface area contributed by atoms with Gasteiger partial charge in [0.25, 0.3) is 5.91 Å². The van der Waals surface area contributed by atoms with E-state index < -0.39 is 0 Å². The first kappa shape index (κ1) is 20.9. The zero-order valence-electron chi connectivity index (χ0n) is 16.5. The van der Waals surface area contributed by atoms with Gasteiger partial charge in [0, 0.05) is 41.0 Å². The van der Waals surface area contributed by atoms with Crippen molar-refractivity contribution >= 4 is 22.1 Å². The molecule has 0 aromatic heterocycles. The van der Waals surface area contributed by atoms with Crippen molar-refractivity contribution in [2.24, 2.45) is 5.92 Å². The first-order valence-electron chi connectivity index (χ1n) is 9.64. The third-order valence-corrected chi connectivity index (χ3v) is 5.63. The van der Waals surface area contributed by atoms with E-state index in [-0.39, 0.29) is 17.5 Å². The molecule has 0 aliphatic heterocycles. The number of hydrogen-bond acceptors (Lipinski definition) is 2. The summed E-state index contributed by atoms with van der Waals surface area (Å²) in [6.45, 7) is 5.31. The molecule has 1 atom stereocenters. The number of hydrogen-bond donors (Lipinski definition) is 1. The van der Waals surface area contributed by atoms with Gasteiger partial charge in [0.2, 0.25) is 5.91 Å². The Bertz CT molecular complexity index is 720. The van der Waals surface area contributed by atoms with Crippen LogP contribution in [0.25, 0.3) is 0 Å². The summed E-state index contributed by atoms with van der Waals surface area (Å²) in [6.07, 6.45) is 1.29. The van der Waals surface area contributed by atoms with Crippen molar-refractivity contribution in [3.8, 4) is 0 Å². The predicted octanol–water partition coefficient (Wildman–Crippen LogP) is 2.57. The maximum atomic E-state index is 13.0. The Morgan fingerprint density at radius 3 is 2.19 bits per heavy atom. The molecule has 0 saturated heterocycles. The topological polar surface area (TPSA) is 49.4 Å². The molecule has 27 heavy (non-hydrogen) atoms. The molecule has 0 spiro atoms. The average Bonchev–Trinajstić information content (AvgIpc) is 2.67. The third-order valence-electron chi connectivity index (χ3n) is 4.54. The van der Waals surface area contributed by atoms with Crippen LogP contribution in [0.3, 0.4) is 0 Å². The maximum Gasteiger partial charge on any atom is 0.253 e. The summed E-state index contributed by atoms with van der Waals surface area (Å²) >= 11 is 0. The Kier molecular flexibility index (Phi) is 8.26. The van der Waals surface area contributed by atoms with Crippen LogP contribution in [0.15, 0.2) is 60.7 Å². The molecule has 1 N–H and O–H groups in total. The largest absolute Gasteiger partial charge is 0.352 e. The third kappa shape index (κ3) is 7.02. The molecular formula is C22H30N2O2Si. The first-order valence-corrected chi connectivity index (χ1v) is 10.8. The number of nitrogens with one attached hydrogen (secondary N) is 1. The smallest absolute Gasteiger partial charge is 0.253 e. The Hall–Kier alpha value is -2.40. The molecule has 1 unspecified atom stereocenters. The molecular weight excluding hydrogens is 352 g/mol. The second kappa shape index (κ2) is 10.7. The summed E-state index contributed by atoms with van der Waals surface area (Å²) in [5.41, 5.74) is 1.98. The van der Waals surface area contributed by atoms with Gasteiger partial charge in [0.1, 0.15) is 0 Å². The molecule has 0 bridgehead atoms. The fourth-order valence-electron chi connectivity index (χ4n) is 3.19. The Morgan fingerprint density at radius 1 is 1.00 bits per heavy atom. The van der Waals surface area contributed by atoms with Gasteiger partial charge in [-0.15, -0.1) is 0 Å². The molecule has 0 aliphatic carbocycles. The number of carbonyl (C=O) groups is 2. The summed E-state index contributed by atoms with van der Waals surface area (Å²) in [5, 5.41) is 2.95. The van der Waals surface area contributed by atoms with Crippen molar-refractivity contribution < 1.29 is 9.59 Å². The number of rotatable bonds is 9. The predicted molar refractivity (Wildman–Crippen MR) is 114 cm³/mol. The van der Waals surface area contributed by atoms with Crippen LogP contribution in [-0.2, 0) is 11.3 Å². The van der Waals surface area contributed by atoms with Crippen molar-refractivity contribution in [3.63, 3.8) is 0 Å². The van der Waals surface area contributed by atoms with Crippen LogP contribution in [0.1, 0.15) is 42.6 Å². The lowest BCUT2D eigenvalue weighted by atomic mass is 10.1. The van der Waals surface area contributed by atoms with Gasteiger partial charge < -0.3 is 10.2 Å². The lowest BCUT2D eigenvalue weighted by molar-refractivity contribution is -0.121. The normalized spacial score (nSPS) is 12.0. The Labute approximate surface area is 165 Å². The van der Waals surface area contributed by atoms with Crippen LogP contribution in [-0.4, -0.2) is 39.2 Å². The summed E-state index contributed by atoms with van der Waals surface area (Å²) in [7, 11) is 0.885. The number of nitrogens with zero attached hydrogens (tertiary/aromatic N) is 1. The van der Waals surface area contributed by atoms with E-state index in [1.54, 1.807) is 0 Å². The second-order valence-electron chi connectivity index (χ2n) is 7.36. The van der Waals surface area contributed by atoms with Crippen LogP contribution in [0.2, 0.25) is 0 Å². The van der Waals surface area contributed by atoms with Gasteiger partial charge in [-0.2, -0.15) is 0 Å². The van der Waals surface area contributed by atoms with Gasteiger partial charge in [-0.05, 0) is 30.0 Å². The summed E-state index contributed by atoms with van der Waals surface area (Å²) in [4.78, 5) is 27.2. The standard InChI is InChI=1S/C22H30N2O2Si/c1-17(2)15-21(27)24(22(26)19-11-7-4-8-12-19)14-13-20(25)23-16-18-9-5-3-6-10-18/h3-12,17,21H,13-16H2,1-2,27H3,(H,23,25). The number of carbonyl (C=O) groups excluding carboxylic acids is 2. The van der Waals surface area contributed by atoms with Crippen LogP contribution in [0.5, 0.6) is 0 Å². The van der Waals surface area contributed by atoms with Gasteiger partial charge in [-0.1, -0.05) is 62.4 Å². The van der Waals surface area contributed by atoms with Gasteiger partial charge in [-0.3, -0.25) is 9.59 Å². The van der Waals surface area contributed by atoms with E-state index in [1.807, 2.05) is 65.6 Å². The van der Waals surface area contributed by atoms with Crippen molar-refractivity contribution in [2.75, 3.05) is 6.54 Å². The fourth-order valence-corrected chi connectivity index (χ4v) is 4.62. The molecule has 0 saturated carbocycles. The highest BCUT2D eigenvalue weighted by atomic mass is 28.1. The highest BCUT2D eigenvalue weighted by Crippen LogP contribution is 2.14. The zero-order chi connectivity index (χ0) is 19.6. The SMILES string of the molecule is CC(C)CC([SiH3])N(CCC(=O)NCc1ccccc1)C(=O)c1ccccc1. The lowest BCUT2D eigenvalue weighted by Crippen LogP contribution is -2.43. The minimum absolute atomic E-state index is 0.0205. The second-order valence-corrected chi connectivity index (χ2v) is 8.69. The van der Waals surface area contributed by atoms with Gasteiger partial charge >= 0.3 is 0 Å². The molecule has 0 fully saturated rings. The van der Waals surface area contributed by atoms with Crippen LogP contribution >= 0.6 is 0 Å². The highest BCUT2D eigenvalue weighted by molar-refractivity contribution is 6.14. The van der Waals surface area contributed by atoms with Crippen LogP contribution in [0.4, 0.5) is 0 Å². The van der Waals surface area contributed by atoms with E-state index in [2.05, 4.69) is 19.2 Å². The fraction of sp³-hybridized carbons (Fsp3) is 0.364. The molecule has 144 valence electrons. The molecule has 4 nitrogen and oxygen atoms in total. The quantitative estimate of drug-likeness (QED) is 0.678. The molecule has 2 aromatic carbocycles. The summed E-state index contributed by atoms with van der Waals surface area (Å²) in [6, 6.07) is 19.2. The minimum Gasteiger partial charge on any atom is -0.352 e.